The van der Waals surface area contributed by atoms with Crippen LogP contribution in [0, 0.1) is 6.92 Å². The lowest BCUT2D eigenvalue weighted by atomic mass is 10.2. The molecule has 1 N–H and O–H groups in total. The molecule has 1 aromatic carbocycles. The maximum atomic E-state index is 12.1. The van der Waals surface area contributed by atoms with Gasteiger partial charge in [0.1, 0.15) is 0 Å². The van der Waals surface area contributed by atoms with Crippen molar-refractivity contribution in [3.05, 3.63) is 28.8 Å². The zero-order valence-corrected chi connectivity index (χ0v) is 15.1. The Morgan fingerprint density at radius 2 is 2.00 bits per heavy atom. The minimum Gasteiger partial charge on any atom is -0.353 e. The number of amides is 1. The number of hydrogen-bond acceptors (Lipinski definition) is 3. The Kier molecular flexibility index (Phi) is 5.92. The van der Waals surface area contributed by atoms with E-state index in [4.69, 9.17) is 11.6 Å². The Labute approximate surface area is 143 Å². The number of rotatable bonds is 6. The molecule has 1 saturated carbocycles. The number of halogens is 1. The van der Waals surface area contributed by atoms with Crippen LogP contribution in [0.15, 0.2) is 18.2 Å². The molecule has 0 heterocycles. The van der Waals surface area contributed by atoms with Gasteiger partial charge in [-0.05, 0) is 37.5 Å². The van der Waals surface area contributed by atoms with Crippen LogP contribution in [0.5, 0.6) is 0 Å². The second-order valence-corrected chi connectivity index (χ2v) is 8.33. The SMILES string of the molecule is Cc1c(Cl)cccc1N(CCC(=O)NC1CCCC1)S(C)(=O)=O. The average Bonchev–Trinajstić information content (AvgIpc) is 2.95. The summed E-state index contributed by atoms with van der Waals surface area (Å²) in [4.78, 5) is 12.1. The van der Waals surface area contributed by atoms with E-state index in [1.165, 1.54) is 4.31 Å². The van der Waals surface area contributed by atoms with Gasteiger partial charge in [-0.3, -0.25) is 9.10 Å². The molecule has 0 bridgehead atoms. The monoisotopic (exact) mass is 358 g/mol. The molecular formula is C16H23ClN2O3S. The van der Waals surface area contributed by atoms with Gasteiger partial charge in [0.05, 0.1) is 11.9 Å². The van der Waals surface area contributed by atoms with E-state index in [2.05, 4.69) is 5.32 Å². The zero-order valence-electron chi connectivity index (χ0n) is 13.5. The molecule has 0 saturated heterocycles. The van der Waals surface area contributed by atoms with Gasteiger partial charge in [-0.2, -0.15) is 0 Å². The Morgan fingerprint density at radius 1 is 1.35 bits per heavy atom. The highest BCUT2D eigenvalue weighted by molar-refractivity contribution is 7.92. The molecule has 1 aromatic rings. The maximum Gasteiger partial charge on any atom is 0.232 e. The molecule has 1 aliphatic carbocycles. The fourth-order valence-corrected chi connectivity index (χ4v) is 4.05. The van der Waals surface area contributed by atoms with Gasteiger partial charge < -0.3 is 5.32 Å². The molecule has 0 spiro atoms. The summed E-state index contributed by atoms with van der Waals surface area (Å²) >= 11 is 6.08. The number of nitrogens with zero attached hydrogens (tertiary/aromatic N) is 1. The highest BCUT2D eigenvalue weighted by Crippen LogP contribution is 2.28. The second kappa shape index (κ2) is 7.53. The molecule has 2 rings (SSSR count). The second-order valence-electron chi connectivity index (χ2n) is 6.02. The highest BCUT2D eigenvalue weighted by Gasteiger charge is 2.22. The molecule has 1 fully saturated rings. The average molecular weight is 359 g/mol. The van der Waals surface area contributed by atoms with Gasteiger partial charge in [-0.1, -0.05) is 30.5 Å². The minimum absolute atomic E-state index is 0.106. The third kappa shape index (κ3) is 4.85. The fraction of sp³-hybridized carbons (Fsp3) is 0.562. The molecule has 0 radical (unpaired) electrons. The standard InChI is InChI=1S/C16H23ClN2O3S/c1-12-14(17)8-5-9-15(12)19(23(2,21)22)11-10-16(20)18-13-6-3-4-7-13/h5,8-9,13H,3-4,6-7,10-11H2,1-2H3,(H,18,20). The summed E-state index contributed by atoms with van der Waals surface area (Å²) in [6.07, 6.45) is 5.58. The number of carbonyl (C=O) groups is 1. The molecule has 23 heavy (non-hydrogen) atoms. The third-order valence-electron chi connectivity index (χ3n) is 4.17. The van der Waals surface area contributed by atoms with Crippen LogP contribution in [0.3, 0.4) is 0 Å². The molecule has 5 nitrogen and oxygen atoms in total. The van der Waals surface area contributed by atoms with Gasteiger partial charge in [-0.15, -0.1) is 0 Å². The van der Waals surface area contributed by atoms with Crippen LogP contribution < -0.4 is 9.62 Å². The van der Waals surface area contributed by atoms with E-state index in [0.29, 0.717) is 16.3 Å². The lowest BCUT2D eigenvalue weighted by Gasteiger charge is -2.24. The van der Waals surface area contributed by atoms with E-state index < -0.39 is 10.0 Å². The Morgan fingerprint density at radius 3 is 2.61 bits per heavy atom. The molecule has 0 atom stereocenters. The minimum atomic E-state index is -3.49. The summed E-state index contributed by atoms with van der Waals surface area (Å²) in [7, 11) is -3.49. The van der Waals surface area contributed by atoms with Crippen LogP contribution in [0.25, 0.3) is 0 Å². The van der Waals surface area contributed by atoms with Crippen molar-refractivity contribution >= 4 is 33.2 Å². The summed E-state index contributed by atoms with van der Waals surface area (Å²) in [5.74, 6) is -0.106. The first-order chi connectivity index (χ1) is 10.8. The number of carbonyl (C=O) groups excluding carboxylic acids is 1. The summed E-state index contributed by atoms with van der Waals surface area (Å²) in [6, 6.07) is 5.37. The Balaban J connectivity index is 2.08. The van der Waals surface area contributed by atoms with Gasteiger partial charge >= 0.3 is 0 Å². The van der Waals surface area contributed by atoms with Crippen LogP contribution >= 0.6 is 11.6 Å². The highest BCUT2D eigenvalue weighted by atomic mass is 35.5. The van der Waals surface area contributed by atoms with Crippen molar-refractivity contribution in [3.8, 4) is 0 Å². The van der Waals surface area contributed by atoms with Gasteiger partial charge in [0.15, 0.2) is 0 Å². The molecule has 0 aromatic heterocycles. The Bertz CT molecular complexity index is 670. The summed E-state index contributed by atoms with van der Waals surface area (Å²) in [5, 5.41) is 3.48. The predicted octanol–water partition coefficient (Wildman–Crippen LogP) is 2.86. The molecular weight excluding hydrogens is 336 g/mol. The van der Waals surface area contributed by atoms with Gasteiger partial charge in [0.2, 0.25) is 15.9 Å². The van der Waals surface area contributed by atoms with Crippen molar-refractivity contribution in [1.29, 1.82) is 0 Å². The quantitative estimate of drug-likeness (QED) is 0.850. The first-order valence-corrected chi connectivity index (χ1v) is 10.0. The van der Waals surface area contributed by atoms with Gasteiger partial charge in [0, 0.05) is 24.0 Å². The number of nitrogens with one attached hydrogen (secondary N) is 1. The van der Waals surface area contributed by atoms with Crippen LogP contribution in [0.1, 0.15) is 37.7 Å². The molecule has 7 heteroatoms. The lowest BCUT2D eigenvalue weighted by Crippen LogP contribution is -2.37. The predicted molar refractivity (Wildman–Crippen MR) is 93.4 cm³/mol. The molecule has 128 valence electrons. The van der Waals surface area contributed by atoms with E-state index in [1.807, 2.05) is 0 Å². The molecule has 1 aliphatic rings. The maximum absolute atomic E-state index is 12.1. The molecule has 0 aliphatic heterocycles. The normalized spacial score (nSPS) is 15.6. The first kappa shape index (κ1) is 18.1. The number of sulfonamides is 1. The number of hydrogen-bond donors (Lipinski definition) is 1. The van der Waals surface area contributed by atoms with E-state index in [-0.39, 0.29) is 24.9 Å². The van der Waals surface area contributed by atoms with E-state index in [0.717, 1.165) is 31.9 Å². The molecule has 1 amide bonds. The van der Waals surface area contributed by atoms with Crippen molar-refractivity contribution in [1.82, 2.24) is 5.32 Å². The zero-order chi connectivity index (χ0) is 17.0. The summed E-state index contributed by atoms with van der Waals surface area (Å²) < 4.78 is 25.5. The van der Waals surface area contributed by atoms with E-state index in [9.17, 15) is 13.2 Å². The van der Waals surface area contributed by atoms with Crippen molar-refractivity contribution in [2.45, 2.75) is 45.1 Å². The first-order valence-electron chi connectivity index (χ1n) is 7.81. The van der Waals surface area contributed by atoms with Crippen molar-refractivity contribution in [2.75, 3.05) is 17.1 Å². The topological polar surface area (TPSA) is 66.5 Å². The van der Waals surface area contributed by atoms with Crippen molar-refractivity contribution in [3.63, 3.8) is 0 Å². The summed E-state index contributed by atoms with van der Waals surface area (Å²) in [6.45, 7) is 1.88. The van der Waals surface area contributed by atoms with Crippen LogP contribution in [0.2, 0.25) is 5.02 Å². The fourth-order valence-electron chi connectivity index (χ4n) is 2.90. The van der Waals surface area contributed by atoms with Gasteiger partial charge in [0.25, 0.3) is 0 Å². The van der Waals surface area contributed by atoms with Crippen LogP contribution in [-0.4, -0.2) is 33.2 Å². The largest absolute Gasteiger partial charge is 0.353 e. The summed E-state index contributed by atoms with van der Waals surface area (Å²) in [5.41, 5.74) is 1.21. The van der Waals surface area contributed by atoms with Crippen LogP contribution in [0.4, 0.5) is 5.69 Å². The van der Waals surface area contributed by atoms with Gasteiger partial charge in [-0.25, -0.2) is 8.42 Å². The molecule has 0 unspecified atom stereocenters. The number of benzene rings is 1. The number of anilines is 1. The van der Waals surface area contributed by atoms with Crippen molar-refractivity contribution < 1.29 is 13.2 Å². The van der Waals surface area contributed by atoms with Crippen LogP contribution in [-0.2, 0) is 14.8 Å². The lowest BCUT2D eigenvalue weighted by molar-refractivity contribution is -0.121. The smallest absolute Gasteiger partial charge is 0.232 e. The van der Waals surface area contributed by atoms with Crippen molar-refractivity contribution in [2.24, 2.45) is 0 Å². The van der Waals surface area contributed by atoms with E-state index in [1.54, 1.807) is 25.1 Å². The van der Waals surface area contributed by atoms with E-state index >= 15 is 0 Å². The third-order valence-corrected chi connectivity index (χ3v) is 5.76. The Hall–Kier alpha value is -1.27.